The molecule has 3 N–H and O–H groups in total. The maximum atomic E-state index is 11.7. The summed E-state index contributed by atoms with van der Waals surface area (Å²) in [6.45, 7) is 3.44. The number of rotatable bonds is 4. The van der Waals surface area contributed by atoms with Crippen molar-refractivity contribution >= 4 is 17.3 Å². The van der Waals surface area contributed by atoms with Crippen molar-refractivity contribution in [1.29, 1.82) is 0 Å². The summed E-state index contributed by atoms with van der Waals surface area (Å²) >= 11 is 0. The van der Waals surface area contributed by atoms with E-state index in [1.54, 1.807) is 19.9 Å². The van der Waals surface area contributed by atoms with Crippen molar-refractivity contribution < 1.29 is 9.72 Å². The molecule has 0 saturated carbocycles. The van der Waals surface area contributed by atoms with Crippen LogP contribution < -0.4 is 11.1 Å². The van der Waals surface area contributed by atoms with E-state index in [1.165, 1.54) is 18.2 Å². The van der Waals surface area contributed by atoms with Gasteiger partial charge in [-0.1, -0.05) is 13.0 Å². The van der Waals surface area contributed by atoms with Crippen LogP contribution in [0.1, 0.15) is 13.8 Å². The number of carbonyl (C=O) groups is 1. The quantitative estimate of drug-likeness (QED) is 0.612. The Balaban J connectivity index is 2.78. The van der Waals surface area contributed by atoms with Crippen molar-refractivity contribution in [2.45, 2.75) is 19.9 Å². The van der Waals surface area contributed by atoms with Crippen molar-refractivity contribution in [3.63, 3.8) is 0 Å². The number of nitrogens with one attached hydrogen (secondary N) is 1. The van der Waals surface area contributed by atoms with Crippen molar-refractivity contribution in [1.82, 2.24) is 0 Å². The van der Waals surface area contributed by atoms with E-state index < -0.39 is 4.92 Å². The lowest BCUT2D eigenvalue weighted by Crippen LogP contribution is -2.34. The minimum Gasteiger partial charge on any atom is -0.327 e. The van der Waals surface area contributed by atoms with E-state index in [0.717, 1.165) is 0 Å². The molecule has 0 fully saturated rings. The summed E-state index contributed by atoms with van der Waals surface area (Å²) in [5, 5.41) is 13.1. The molecule has 92 valence electrons. The SMILES string of the molecule is CC(N)C(C)C(=O)Nc1cccc([N+](=O)[O-])c1. The van der Waals surface area contributed by atoms with Crippen molar-refractivity contribution in [2.75, 3.05) is 5.32 Å². The molecule has 0 saturated heterocycles. The number of hydrogen-bond donors (Lipinski definition) is 2. The Hall–Kier alpha value is -1.95. The van der Waals surface area contributed by atoms with Crippen LogP contribution in [0.25, 0.3) is 0 Å². The fourth-order valence-electron chi connectivity index (χ4n) is 1.19. The second-order valence-electron chi connectivity index (χ2n) is 3.94. The Kier molecular flexibility index (Phi) is 4.17. The monoisotopic (exact) mass is 237 g/mol. The molecule has 1 aromatic rings. The van der Waals surface area contributed by atoms with Gasteiger partial charge in [-0.05, 0) is 13.0 Å². The average Bonchev–Trinajstić information content (AvgIpc) is 2.28. The van der Waals surface area contributed by atoms with E-state index in [9.17, 15) is 14.9 Å². The molecular formula is C11H15N3O3. The maximum Gasteiger partial charge on any atom is 0.271 e. The van der Waals surface area contributed by atoms with Gasteiger partial charge in [-0.3, -0.25) is 14.9 Å². The van der Waals surface area contributed by atoms with Crippen LogP contribution in [-0.2, 0) is 4.79 Å². The van der Waals surface area contributed by atoms with Gasteiger partial charge in [-0.2, -0.15) is 0 Å². The minimum absolute atomic E-state index is 0.0590. The predicted octanol–water partition coefficient (Wildman–Crippen LogP) is 1.52. The number of carbonyl (C=O) groups excluding carboxylic acids is 1. The van der Waals surface area contributed by atoms with Gasteiger partial charge < -0.3 is 11.1 Å². The molecule has 1 amide bonds. The van der Waals surface area contributed by atoms with Crippen LogP contribution >= 0.6 is 0 Å². The molecule has 6 heteroatoms. The van der Waals surface area contributed by atoms with E-state index in [-0.39, 0.29) is 23.6 Å². The highest BCUT2D eigenvalue weighted by atomic mass is 16.6. The first kappa shape index (κ1) is 13.1. The number of nitro groups is 1. The molecular weight excluding hydrogens is 222 g/mol. The van der Waals surface area contributed by atoms with Gasteiger partial charge in [0, 0.05) is 23.9 Å². The third kappa shape index (κ3) is 3.53. The van der Waals surface area contributed by atoms with Gasteiger partial charge in [0.2, 0.25) is 5.91 Å². The molecule has 0 heterocycles. The number of nitrogens with two attached hydrogens (primary N) is 1. The number of nitro benzene ring substituents is 1. The highest BCUT2D eigenvalue weighted by Gasteiger charge is 2.17. The molecule has 0 aliphatic carbocycles. The lowest BCUT2D eigenvalue weighted by molar-refractivity contribution is -0.384. The van der Waals surface area contributed by atoms with E-state index in [4.69, 9.17) is 5.73 Å². The molecule has 0 radical (unpaired) electrons. The predicted molar refractivity (Wildman–Crippen MR) is 64.5 cm³/mol. The van der Waals surface area contributed by atoms with Gasteiger partial charge in [-0.25, -0.2) is 0 Å². The second kappa shape index (κ2) is 5.40. The molecule has 2 unspecified atom stereocenters. The normalized spacial score (nSPS) is 13.8. The third-order valence-electron chi connectivity index (χ3n) is 2.53. The van der Waals surface area contributed by atoms with Crippen molar-refractivity contribution in [2.24, 2.45) is 11.7 Å². The molecule has 0 aliphatic heterocycles. The Morgan fingerprint density at radius 1 is 1.47 bits per heavy atom. The number of anilines is 1. The largest absolute Gasteiger partial charge is 0.327 e. The summed E-state index contributed by atoms with van der Waals surface area (Å²) in [6.07, 6.45) is 0. The third-order valence-corrected chi connectivity index (χ3v) is 2.53. The van der Waals surface area contributed by atoms with Gasteiger partial charge in [0.05, 0.1) is 10.8 Å². The summed E-state index contributed by atoms with van der Waals surface area (Å²) < 4.78 is 0. The number of nitrogens with zero attached hydrogens (tertiary/aromatic N) is 1. The Morgan fingerprint density at radius 3 is 2.65 bits per heavy atom. The fraction of sp³-hybridized carbons (Fsp3) is 0.364. The lowest BCUT2D eigenvalue weighted by Gasteiger charge is -2.15. The van der Waals surface area contributed by atoms with E-state index in [1.807, 2.05) is 0 Å². The molecule has 1 aromatic carbocycles. The van der Waals surface area contributed by atoms with Crippen LogP contribution in [-0.4, -0.2) is 16.9 Å². The van der Waals surface area contributed by atoms with Gasteiger partial charge in [-0.15, -0.1) is 0 Å². The first-order valence-corrected chi connectivity index (χ1v) is 5.22. The number of non-ortho nitro benzene ring substituents is 1. The zero-order valence-electron chi connectivity index (χ0n) is 9.71. The smallest absolute Gasteiger partial charge is 0.271 e. The molecule has 0 aliphatic rings. The number of amides is 1. The molecule has 0 spiro atoms. The fourth-order valence-corrected chi connectivity index (χ4v) is 1.19. The second-order valence-corrected chi connectivity index (χ2v) is 3.94. The molecule has 0 aromatic heterocycles. The Labute approximate surface area is 99.0 Å². The van der Waals surface area contributed by atoms with E-state index in [2.05, 4.69) is 5.32 Å². The van der Waals surface area contributed by atoms with Crippen LogP contribution in [0.2, 0.25) is 0 Å². The van der Waals surface area contributed by atoms with Crippen molar-refractivity contribution in [3.8, 4) is 0 Å². The summed E-state index contributed by atoms with van der Waals surface area (Å²) in [5.41, 5.74) is 5.94. The summed E-state index contributed by atoms with van der Waals surface area (Å²) in [4.78, 5) is 21.7. The van der Waals surface area contributed by atoms with Crippen LogP contribution in [0.5, 0.6) is 0 Å². The topological polar surface area (TPSA) is 98.3 Å². The van der Waals surface area contributed by atoms with Gasteiger partial charge in [0.25, 0.3) is 5.69 Å². The molecule has 17 heavy (non-hydrogen) atoms. The zero-order valence-corrected chi connectivity index (χ0v) is 9.71. The average molecular weight is 237 g/mol. The Morgan fingerprint density at radius 2 is 2.12 bits per heavy atom. The number of benzene rings is 1. The molecule has 2 atom stereocenters. The van der Waals surface area contributed by atoms with Gasteiger partial charge in [0.1, 0.15) is 0 Å². The van der Waals surface area contributed by atoms with Crippen LogP contribution in [0, 0.1) is 16.0 Å². The van der Waals surface area contributed by atoms with Gasteiger partial charge >= 0.3 is 0 Å². The minimum atomic E-state index is -0.509. The molecule has 6 nitrogen and oxygen atoms in total. The maximum absolute atomic E-state index is 11.7. The summed E-state index contributed by atoms with van der Waals surface area (Å²) in [6, 6.07) is 5.52. The van der Waals surface area contributed by atoms with Gasteiger partial charge in [0.15, 0.2) is 0 Å². The first-order chi connectivity index (χ1) is 7.91. The summed E-state index contributed by atoms with van der Waals surface area (Å²) in [5.74, 6) is -0.602. The summed E-state index contributed by atoms with van der Waals surface area (Å²) in [7, 11) is 0. The molecule has 0 bridgehead atoms. The zero-order chi connectivity index (χ0) is 13.0. The standard InChI is InChI=1S/C11H15N3O3/c1-7(8(2)12)11(15)13-9-4-3-5-10(6-9)14(16)17/h3-8H,12H2,1-2H3,(H,13,15). The van der Waals surface area contributed by atoms with Crippen LogP contribution in [0.15, 0.2) is 24.3 Å². The van der Waals surface area contributed by atoms with E-state index in [0.29, 0.717) is 5.69 Å². The highest BCUT2D eigenvalue weighted by Crippen LogP contribution is 2.17. The first-order valence-electron chi connectivity index (χ1n) is 5.22. The number of hydrogen-bond acceptors (Lipinski definition) is 4. The van der Waals surface area contributed by atoms with E-state index >= 15 is 0 Å². The Bertz CT molecular complexity index is 432. The highest BCUT2D eigenvalue weighted by molar-refractivity contribution is 5.93. The van der Waals surface area contributed by atoms with Crippen LogP contribution in [0.3, 0.4) is 0 Å². The van der Waals surface area contributed by atoms with Crippen LogP contribution in [0.4, 0.5) is 11.4 Å². The lowest BCUT2D eigenvalue weighted by atomic mass is 10.0. The van der Waals surface area contributed by atoms with Crippen molar-refractivity contribution in [3.05, 3.63) is 34.4 Å². The molecule has 1 rings (SSSR count).